The first-order chi connectivity index (χ1) is 13.3. The van der Waals surface area contributed by atoms with E-state index in [1.54, 1.807) is 31.2 Å². The summed E-state index contributed by atoms with van der Waals surface area (Å²) in [5, 5.41) is 5.36. The molecular formula is C21H27N3O4S. The molecule has 2 aromatic carbocycles. The van der Waals surface area contributed by atoms with Gasteiger partial charge in [0.25, 0.3) is 5.91 Å². The van der Waals surface area contributed by atoms with Gasteiger partial charge in [-0.05, 0) is 54.3 Å². The van der Waals surface area contributed by atoms with Gasteiger partial charge in [0.1, 0.15) is 6.04 Å². The second kappa shape index (κ2) is 8.65. The van der Waals surface area contributed by atoms with Crippen molar-refractivity contribution in [2.24, 2.45) is 0 Å². The molecule has 0 aliphatic rings. The zero-order valence-electron chi connectivity index (χ0n) is 17.2. The number of amides is 2. The fourth-order valence-corrected chi connectivity index (χ4v) is 3.12. The highest BCUT2D eigenvalue weighted by molar-refractivity contribution is 7.92. The highest BCUT2D eigenvalue weighted by Crippen LogP contribution is 2.22. The summed E-state index contributed by atoms with van der Waals surface area (Å²) < 4.78 is 24.8. The first-order valence-electron chi connectivity index (χ1n) is 9.15. The minimum absolute atomic E-state index is 0.00539. The Morgan fingerprint density at radius 2 is 1.41 bits per heavy atom. The van der Waals surface area contributed by atoms with Crippen molar-refractivity contribution in [2.75, 3.05) is 16.3 Å². The van der Waals surface area contributed by atoms with E-state index in [4.69, 9.17) is 0 Å². The third-order valence-corrected chi connectivity index (χ3v) is 4.82. The van der Waals surface area contributed by atoms with E-state index in [9.17, 15) is 18.0 Å². The average Bonchev–Trinajstić information content (AvgIpc) is 2.61. The number of benzene rings is 2. The van der Waals surface area contributed by atoms with Crippen LogP contribution in [0, 0.1) is 0 Å². The summed E-state index contributed by atoms with van der Waals surface area (Å²) in [5.74, 6) is -0.714. The van der Waals surface area contributed by atoms with Gasteiger partial charge < -0.3 is 10.6 Å². The smallest absolute Gasteiger partial charge is 0.251 e. The van der Waals surface area contributed by atoms with Crippen LogP contribution in [0.3, 0.4) is 0 Å². The summed E-state index contributed by atoms with van der Waals surface area (Å²) >= 11 is 0. The zero-order valence-corrected chi connectivity index (χ0v) is 18.1. The molecule has 0 radical (unpaired) electrons. The van der Waals surface area contributed by atoms with Crippen molar-refractivity contribution in [3.63, 3.8) is 0 Å². The monoisotopic (exact) mass is 417 g/mol. The van der Waals surface area contributed by atoms with E-state index in [1.807, 2.05) is 12.1 Å². The van der Waals surface area contributed by atoms with Crippen molar-refractivity contribution in [1.82, 2.24) is 5.32 Å². The van der Waals surface area contributed by atoms with Crippen molar-refractivity contribution in [1.29, 1.82) is 0 Å². The average molecular weight is 418 g/mol. The van der Waals surface area contributed by atoms with Gasteiger partial charge in [0.05, 0.1) is 6.26 Å². The van der Waals surface area contributed by atoms with E-state index in [1.165, 1.54) is 12.1 Å². The second-order valence-electron chi connectivity index (χ2n) is 7.96. The molecule has 8 heteroatoms. The molecule has 0 saturated carbocycles. The Morgan fingerprint density at radius 3 is 1.90 bits per heavy atom. The van der Waals surface area contributed by atoms with Gasteiger partial charge in [0.15, 0.2) is 0 Å². The van der Waals surface area contributed by atoms with E-state index >= 15 is 0 Å². The van der Waals surface area contributed by atoms with E-state index in [2.05, 4.69) is 36.1 Å². The maximum absolute atomic E-state index is 12.4. The second-order valence-corrected chi connectivity index (χ2v) is 9.71. The lowest BCUT2D eigenvalue weighted by Gasteiger charge is -2.19. The summed E-state index contributed by atoms with van der Waals surface area (Å²) in [4.78, 5) is 24.7. The highest BCUT2D eigenvalue weighted by Gasteiger charge is 2.18. The van der Waals surface area contributed by atoms with E-state index in [0.29, 0.717) is 16.9 Å². The Morgan fingerprint density at radius 1 is 0.897 bits per heavy atom. The molecule has 156 valence electrons. The van der Waals surface area contributed by atoms with Gasteiger partial charge in [-0.1, -0.05) is 32.9 Å². The van der Waals surface area contributed by atoms with Crippen LogP contribution in [0.4, 0.5) is 11.4 Å². The lowest BCUT2D eigenvalue weighted by molar-refractivity contribution is -0.117. The molecule has 0 bridgehead atoms. The minimum atomic E-state index is -3.36. The zero-order chi connectivity index (χ0) is 21.8. The largest absolute Gasteiger partial charge is 0.341 e. The van der Waals surface area contributed by atoms with Gasteiger partial charge in [-0.15, -0.1) is 0 Å². The normalized spacial score (nSPS) is 12.7. The SMILES string of the molecule is CC(NC(=O)c1ccc(C(C)(C)C)cc1)C(=O)Nc1ccc(NS(C)(=O)=O)cc1. The van der Waals surface area contributed by atoms with Crippen LogP contribution in [0.25, 0.3) is 0 Å². The van der Waals surface area contributed by atoms with E-state index in [0.717, 1.165) is 11.8 Å². The van der Waals surface area contributed by atoms with Crippen LogP contribution >= 0.6 is 0 Å². The molecule has 1 atom stereocenters. The fourth-order valence-electron chi connectivity index (χ4n) is 2.55. The number of anilines is 2. The molecule has 0 saturated heterocycles. The molecule has 3 N–H and O–H groups in total. The maximum atomic E-state index is 12.4. The number of hydrogen-bond acceptors (Lipinski definition) is 4. The van der Waals surface area contributed by atoms with E-state index < -0.39 is 16.1 Å². The summed E-state index contributed by atoms with van der Waals surface area (Å²) in [5.41, 5.74) is 2.48. The number of sulfonamides is 1. The van der Waals surface area contributed by atoms with Gasteiger partial charge >= 0.3 is 0 Å². The maximum Gasteiger partial charge on any atom is 0.251 e. The molecule has 0 aromatic heterocycles. The van der Waals surface area contributed by atoms with Gasteiger partial charge in [-0.3, -0.25) is 14.3 Å². The van der Waals surface area contributed by atoms with E-state index in [-0.39, 0.29) is 17.2 Å². The Bertz CT molecular complexity index is 976. The molecule has 2 amide bonds. The van der Waals surface area contributed by atoms with Crippen molar-refractivity contribution in [3.8, 4) is 0 Å². The van der Waals surface area contributed by atoms with Crippen molar-refractivity contribution in [3.05, 3.63) is 59.7 Å². The Labute approximate surface area is 172 Å². The molecule has 2 aromatic rings. The molecule has 0 aliphatic carbocycles. The molecule has 7 nitrogen and oxygen atoms in total. The van der Waals surface area contributed by atoms with Gasteiger partial charge in [0.2, 0.25) is 15.9 Å². The third-order valence-electron chi connectivity index (χ3n) is 4.21. The first kappa shape index (κ1) is 22.4. The number of nitrogens with one attached hydrogen (secondary N) is 3. The van der Waals surface area contributed by atoms with Crippen LogP contribution in [-0.2, 0) is 20.2 Å². The van der Waals surface area contributed by atoms with Gasteiger partial charge in [0, 0.05) is 16.9 Å². The number of hydrogen-bond donors (Lipinski definition) is 3. The Balaban J connectivity index is 1.95. The van der Waals surface area contributed by atoms with Crippen LogP contribution in [0.2, 0.25) is 0 Å². The standard InChI is InChI=1S/C21H27N3O4S/c1-14(22-20(26)15-6-8-16(9-7-15)21(2,3)4)19(25)23-17-10-12-18(13-11-17)24-29(5,27)28/h6-14,24H,1-5H3,(H,22,26)(H,23,25). The van der Waals surface area contributed by atoms with Crippen molar-refractivity contribution >= 4 is 33.2 Å². The van der Waals surface area contributed by atoms with Gasteiger partial charge in [-0.25, -0.2) is 8.42 Å². The predicted octanol–water partition coefficient (Wildman–Crippen LogP) is 3.11. The number of rotatable bonds is 6. The summed E-state index contributed by atoms with van der Waals surface area (Å²) in [6.45, 7) is 7.88. The molecule has 0 heterocycles. The van der Waals surface area contributed by atoms with Crippen molar-refractivity contribution in [2.45, 2.75) is 39.2 Å². The first-order valence-corrected chi connectivity index (χ1v) is 11.0. The van der Waals surface area contributed by atoms with Gasteiger partial charge in [-0.2, -0.15) is 0 Å². The highest BCUT2D eigenvalue weighted by atomic mass is 32.2. The predicted molar refractivity (Wildman–Crippen MR) is 116 cm³/mol. The lowest BCUT2D eigenvalue weighted by atomic mass is 9.86. The molecule has 1 unspecified atom stereocenters. The molecule has 29 heavy (non-hydrogen) atoms. The number of carbonyl (C=O) groups is 2. The topological polar surface area (TPSA) is 104 Å². The summed E-state index contributed by atoms with van der Waals surface area (Å²) in [6.07, 6.45) is 1.06. The molecule has 2 rings (SSSR count). The molecule has 0 aliphatic heterocycles. The quantitative estimate of drug-likeness (QED) is 0.672. The lowest BCUT2D eigenvalue weighted by Crippen LogP contribution is -2.41. The van der Waals surface area contributed by atoms with Crippen LogP contribution in [0.5, 0.6) is 0 Å². The molecule has 0 spiro atoms. The van der Waals surface area contributed by atoms with Crippen LogP contribution < -0.4 is 15.4 Å². The van der Waals surface area contributed by atoms with Crippen LogP contribution in [0.15, 0.2) is 48.5 Å². The summed E-state index contributed by atoms with van der Waals surface area (Å²) in [7, 11) is -3.36. The summed E-state index contributed by atoms with van der Waals surface area (Å²) in [6, 6.07) is 12.8. The number of carbonyl (C=O) groups excluding carboxylic acids is 2. The fraction of sp³-hybridized carbons (Fsp3) is 0.333. The molecular weight excluding hydrogens is 390 g/mol. The Hall–Kier alpha value is -2.87. The van der Waals surface area contributed by atoms with Crippen molar-refractivity contribution < 1.29 is 18.0 Å². The van der Waals surface area contributed by atoms with Crippen LogP contribution in [0.1, 0.15) is 43.6 Å². The third kappa shape index (κ3) is 6.90. The Kier molecular flexibility index (Phi) is 6.69. The molecule has 0 fully saturated rings. The van der Waals surface area contributed by atoms with Crippen LogP contribution in [-0.4, -0.2) is 32.5 Å². The minimum Gasteiger partial charge on any atom is -0.341 e.